The van der Waals surface area contributed by atoms with Gasteiger partial charge in [0.15, 0.2) is 0 Å². The first-order chi connectivity index (χ1) is 14.7. The number of amides is 1. The van der Waals surface area contributed by atoms with Crippen molar-refractivity contribution in [3.05, 3.63) is 100 Å². The Hall–Kier alpha value is -3.30. The first-order valence-electron chi connectivity index (χ1n) is 9.24. The number of nitrogens with zero attached hydrogens (tertiary/aromatic N) is 1. The van der Waals surface area contributed by atoms with E-state index in [4.69, 9.17) is 0 Å². The third-order valence-electron chi connectivity index (χ3n) is 4.66. The number of nitrogens with one attached hydrogen (secondary N) is 1. The molecule has 31 heavy (non-hydrogen) atoms. The van der Waals surface area contributed by atoms with Crippen LogP contribution in [-0.2, 0) is 27.8 Å². The predicted octanol–water partition coefficient (Wildman–Crippen LogP) is 3.83. The molecular formula is C22H19F2N2O4S-. The van der Waals surface area contributed by atoms with E-state index < -0.39 is 27.6 Å². The number of sulfonamides is 1. The van der Waals surface area contributed by atoms with Gasteiger partial charge in [0.2, 0.25) is 5.91 Å². The number of hydroxylamine groups is 1. The highest BCUT2D eigenvalue weighted by atomic mass is 32.2. The molecule has 0 bridgehead atoms. The fraction of sp³-hybridized carbons (Fsp3) is 0.136. The lowest BCUT2D eigenvalue weighted by Gasteiger charge is -2.25. The second-order valence-electron chi connectivity index (χ2n) is 6.92. The van der Waals surface area contributed by atoms with E-state index in [9.17, 15) is 27.2 Å². The molecule has 9 heteroatoms. The molecule has 0 atom stereocenters. The van der Waals surface area contributed by atoms with Gasteiger partial charge in [-0.25, -0.2) is 17.2 Å². The Morgan fingerprint density at radius 2 is 1.58 bits per heavy atom. The number of benzene rings is 3. The highest BCUT2D eigenvalue weighted by molar-refractivity contribution is 7.92. The minimum Gasteiger partial charge on any atom is -0.759 e. The zero-order valence-electron chi connectivity index (χ0n) is 16.5. The topological polar surface area (TPSA) is 89.5 Å². The van der Waals surface area contributed by atoms with Crippen LogP contribution in [0.1, 0.15) is 16.7 Å². The maximum Gasteiger partial charge on any atom is 0.264 e. The average molecular weight is 445 g/mol. The Morgan fingerprint density at radius 1 is 0.968 bits per heavy atom. The van der Waals surface area contributed by atoms with Crippen LogP contribution < -0.4 is 9.79 Å². The molecule has 0 aromatic heterocycles. The molecule has 0 unspecified atom stereocenters. The van der Waals surface area contributed by atoms with Crippen LogP contribution >= 0.6 is 0 Å². The maximum atomic E-state index is 13.7. The molecule has 1 amide bonds. The van der Waals surface area contributed by atoms with Crippen molar-refractivity contribution in [2.45, 2.75) is 24.8 Å². The molecule has 0 saturated carbocycles. The molecule has 6 nitrogen and oxygen atoms in total. The summed E-state index contributed by atoms with van der Waals surface area (Å²) in [6.45, 7) is 1.37. The molecule has 0 heterocycles. The van der Waals surface area contributed by atoms with Crippen LogP contribution in [-0.4, -0.2) is 14.3 Å². The van der Waals surface area contributed by atoms with Gasteiger partial charge in [-0.2, -0.15) is 0 Å². The van der Waals surface area contributed by atoms with Crippen LogP contribution in [0.4, 0.5) is 14.5 Å². The molecular weight excluding hydrogens is 426 g/mol. The summed E-state index contributed by atoms with van der Waals surface area (Å²) in [5.41, 5.74) is 2.82. The van der Waals surface area contributed by atoms with E-state index in [0.717, 1.165) is 10.4 Å². The van der Waals surface area contributed by atoms with Crippen molar-refractivity contribution in [1.29, 1.82) is 0 Å². The van der Waals surface area contributed by atoms with Gasteiger partial charge in [0.1, 0.15) is 11.6 Å². The number of hydrogen-bond acceptors (Lipinski definition) is 4. The number of hydrogen-bond donors (Lipinski definition) is 1. The van der Waals surface area contributed by atoms with E-state index >= 15 is 0 Å². The highest BCUT2D eigenvalue weighted by Gasteiger charge is 2.26. The third kappa shape index (κ3) is 5.25. The van der Waals surface area contributed by atoms with Gasteiger partial charge in [-0.15, -0.1) is 0 Å². The molecule has 3 rings (SSSR count). The summed E-state index contributed by atoms with van der Waals surface area (Å²) < 4.78 is 54.9. The van der Waals surface area contributed by atoms with Gasteiger partial charge >= 0.3 is 0 Å². The van der Waals surface area contributed by atoms with Gasteiger partial charge in [0.05, 0.1) is 23.5 Å². The van der Waals surface area contributed by atoms with Gasteiger partial charge in [-0.05, 0) is 66.1 Å². The Balaban J connectivity index is 2.02. The fourth-order valence-electron chi connectivity index (χ4n) is 2.98. The normalized spacial score (nSPS) is 11.2. The van der Waals surface area contributed by atoms with Crippen LogP contribution in [0.15, 0.2) is 71.6 Å². The van der Waals surface area contributed by atoms with E-state index in [2.05, 4.69) is 0 Å². The lowest BCUT2D eigenvalue weighted by atomic mass is 10.1. The zero-order chi connectivity index (χ0) is 22.6. The van der Waals surface area contributed by atoms with Gasteiger partial charge in [0, 0.05) is 0 Å². The van der Waals surface area contributed by atoms with E-state index in [1.807, 2.05) is 0 Å². The summed E-state index contributed by atoms with van der Waals surface area (Å²) >= 11 is 0. The van der Waals surface area contributed by atoms with Gasteiger partial charge < -0.3 is 10.7 Å². The molecule has 0 aliphatic carbocycles. The van der Waals surface area contributed by atoms with Crippen LogP contribution in [0.5, 0.6) is 0 Å². The summed E-state index contributed by atoms with van der Waals surface area (Å²) in [4.78, 5) is 11.2. The summed E-state index contributed by atoms with van der Waals surface area (Å²) in [7, 11) is -4.10. The molecule has 0 spiro atoms. The molecule has 0 radical (unpaired) electrons. The number of rotatable bonds is 7. The number of carbonyl (C=O) groups is 1. The number of halogens is 2. The predicted molar refractivity (Wildman–Crippen MR) is 113 cm³/mol. The van der Waals surface area contributed by atoms with Crippen LogP contribution in [0.3, 0.4) is 0 Å². The first-order valence-corrected chi connectivity index (χ1v) is 10.7. The Labute approximate surface area is 178 Å². The smallest absolute Gasteiger partial charge is 0.264 e. The van der Waals surface area contributed by atoms with Crippen molar-refractivity contribution in [3.63, 3.8) is 0 Å². The number of carbonyl (C=O) groups excluding carboxylic acids is 1. The average Bonchev–Trinajstić information content (AvgIpc) is 2.75. The van der Waals surface area contributed by atoms with E-state index in [1.54, 1.807) is 0 Å². The van der Waals surface area contributed by atoms with Crippen LogP contribution in [0, 0.1) is 23.8 Å². The minimum atomic E-state index is -4.10. The van der Waals surface area contributed by atoms with E-state index in [1.165, 1.54) is 73.1 Å². The summed E-state index contributed by atoms with van der Waals surface area (Å²) in [5.74, 6) is -1.69. The number of anilines is 1. The van der Waals surface area contributed by atoms with E-state index in [-0.39, 0.29) is 29.1 Å². The second-order valence-corrected chi connectivity index (χ2v) is 8.78. The third-order valence-corrected chi connectivity index (χ3v) is 6.43. The minimum absolute atomic E-state index is 0.0941. The standard InChI is InChI=1S/C22H19F2N2O4S/c1-15-12-20(10-11-21(15)24)31(29,30)26(14-17-2-6-18(23)7-3-17)19-8-4-16(5-9-19)13-22(27)25-28/h2-12H,13-14H2,1H3,(H-,25,27,28)/q-1. The molecule has 162 valence electrons. The lowest BCUT2D eigenvalue weighted by Crippen LogP contribution is -2.30. The summed E-state index contributed by atoms with van der Waals surface area (Å²) in [6.07, 6.45) is -0.147. The Kier molecular flexibility index (Phi) is 6.67. The molecule has 3 aromatic carbocycles. The van der Waals surface area contributed by atoms with Gasteiger partial charge in [0.25, 0.3) is 10.0 Å². The molecule has 0 fully saturated rings. The maximum absolute atomic E-state index is 13.7. The quantitative estimate of drug-likeness (QED) is 0.560. The lowest BCUT2D eigenvalue weighted by molar-refractivity contribution is -0.119. The van der Waals surface area contributed by atoms with Gasteiger partial charge in [-0.3, -0.25) is 9.10 Å². The molecule has 1 N–H and O–H groups in total. The SMILES string of the molecule is Cc1cc(S(=O)(=O)N(Cc2ccc(F)cc2)c2ccc(CC(=O)N[O-])cc2)ccc1F. The molecule has 3 aromatic rings. The number of aryl methyl sites for hydroxylation is 1. The molecule has 0 aliphatic rings. The molecule has 0 saturated heterocycles. The monoisotopic (exact) mass is 445 g/mol. The van der Waals surface area contributed by atoms with Crippen LogP contribution in [0.25, 0.3) is 0 Å². The Bertz CT molecular complexity index is 1180. The van der Waals surface area contributed by atoms with Crippen molar-refractivity contribution < 1.29 is 22.0 Å². The molecule has 0 aliphatic heterocycles. The summed E-state index contributed by atoms with van der Waals surface area (Å²) in [5, 5.41) is 10.4. The fourth-order valence-corrected chi connectivity index (χ4v) is 4.52. The largest absolute Gasteiger partial charge is 0.759 e. The second kappa shape index (κ2) is 9.23. The van der Waals surface area contributed by atoms with Crippen molar-refractivity contribution in [2.24, 2.45) is 0 Å². The van der Waals surface area contributed by atoms with E-state index in [0.29, 0.717) is 11.1 Å². The van der Waals surface area contributed by atoms with Crippen LogP contribution in [0.2, 0.25) is 0 Å². The first kappa shape index (κ1) is 22.4. The van der Waals surface area contributed by atoms with Crippen molar-refractivity contribution in [2.75, 3.05) is 4.31 Å². The zero-order valence-corrected chi connectivity index (χ0v) is 17.3. The van der Waals surface area contributed by atoms with Crippen molar-refractivity contribution >= 4 is 21.6 Å². The highest BCUT2D eigenvalue weighted by Crippen LogP contribution is 2.27. The summed E-state index contributed by atoms with van der Waals surface area (Å²) in [6, 6.07) is 15.0. The Morgan fingerprint density at radius 3 is 2.16 bits per heavy atom. The van der Waals surface area contributed by atoms with Crippen molar-refractivity contribution in [1.82, 2.24) is 5.48 Å². The van der Waals surface area contributed by atoms with Crippen molar-refractivity contribution in [3.8, 4) is 0 Å². The van der Waals surface area contributed by atoms with Gasteiger partial charge in [-0.1, -0.05) is 24.3 Å².